The van der Waals surface area contributed by atoms with E-state index in [1.54, 1.807) is 11.3 Å². The Morgan fingerprint density at radius 3 is 2.70 bits per heavy atom. The van der Waals surface area contributed by atoms with Crippen LogP contribution in [-0.4, -0.2) is 17.5 Å². The third-order valence-corrected chi connectivity index (χ3v) is 4.75. The molecule has 0 amide bonds. The maximum absolute atomic E-state index is 4.69. The van der Waals surface area contributed by atoms with E-state index in [0.717, 1.165) is 23.9 Å². The van der Waals surface area contributed by atoms with Crippen LogP contribution >= 0.6 is 11.3 Å². The lowest BCUT2D eigenvalue weighted by molar-refractivity contribution is 0.811. The molecule has 5 heteroatoms. The van der Waals surface area contributed by atoms with Crippen molar-refractivity contribution in [1.82, 2.24) is 15.6 Å². The predicted molar refractivity (Wildman–Crippen MR) is 99.1 cm³/mol. The van der Waals surface area contributed by atoms with Crippen LogP contribution in [0, 0.1) is 13.8 Å². The first-order valence-electron chi connectivity index (χ1n) is 8.14. The molecule has 1 aromatic carbocycles. The lowest BCUT2D eigenvalue weighted by atomic mass is 10.1. The average Bonchev–Trinajstić information content (AvgIpc) is 2.99. The van der Waals surface area contributed by atoms with Crippen molar-refractivity contribution >= 4 is 17.3 Å². The minimum atomic E-state index is 0.680. The second-order valence-electron chi connectivity index (χ2n) is 5.55. The lowest BCUT2D eigenvalue weighted by Crippen LogP contribution is -2.36. The first-order chi connectivity index (χ1) is 11.1. The van der Waals surface area contributed by atoms with Gasteiger partial charge in [0.25, 0.3) is 0 Å². The number of thiazole rings is 1. The van der Waals surface area contributed by atoms with Crippen molar-refractivity contribution in [2.24, 2.45) is 4.99 Å². The van der Waals surface area contributed by atoms with Gasteiger partial charge in [0.05, 0.1) is 13.1 Å². The third-order valence-electron chi connectivity index (χ3n) is 3.61. The predicted octanol–water partition coefficient (Wildman–Crippen LogP) is 3.58. The topological polar surface area (TPSA) is 49.3 Å². The van der Waals surface area contributed by atoms with E-state index < -0.39 is 0 Å². The molecular formula is C18H26N4S. The maximum Gasteiger partial charge on any atom is 0.191 e. The molecule has 0 fully saturated rings. The molecule has 4 nitrogen and oxygen atoms in total. The van der Waals surface area contributed by atoms with E-state index in [-0.39, 0.29) is 0 Å². The fourth-order valence-electron chi connectivity index (χ4n) is 2.28. The molecule has 2 N–H and O–H groups in total. The molecule has 0 unspecified atom stereocenters. The maximum atomic E-state index is 4.69. The summed E-state index contributed by atoms with van der Waals surface area (Å²) >= 11 is 1.76. The van der Waals surface area contributed by atoms with Gasteiger partial charge in [0.1, 0.15) is 5.01 Å². The highest BCUT2D eigenvalue weighted by atomic mass is 32.1. The van der Waals surface area contributed by atoms with E-state index in [9.17, 15) is 0 Å². The number of aromatic nitrogens is 1. The molecule has 1 heterocycles. The van der Waals surface area contributed by atoms with E-state index in [2.05, 4.69) is 66.5 Å². The summed E-state index contributed by atoms with van der Waals surface area (Å²) in [6, 6.07) is 6.50. The van der Waals surface area contributed by atoms with Gasteiger partial charge in [-0.2, -0.15) is 0 Å². The average molecular weight is 331 g/mol. The van der Waals surface area contributed by atoms with E-state index in [1.807, 2.05) is 6.20 Å². The number of hydrogen-bond donors (Lipinski definition) is 2. The van der Waals surface area contributed by atoms with E-state index >= 15 is 0 Å². The van der Waals surface area contributed by atoms with Gasteiger partial charge in [0, 0.05) is 17.6 Å². The number of hydrogen-bond acceptors (Lipinski definition) is 3. The van der Waals surface area contributed by atoms with Crippen LogP contribution in [0.3, 0.4) is 0 Å². The second-order valence-corrected chi connectivity index (χ2v) is 6.75. The summed E-state index contributed by atoms with van der Waals surface area (Å²) in [6.45, 7) is 10.7. The standard InChI is InChI=1S/C18H26N4S/c1-5-16-11-20-17(23-16)12-22-18(19-6-2)21-10-15-8-7-13(3)9-14(15)4/h7-9,11H,5-6,10,12H2,1-4H3,(H2,19,21,22). The highest BCUT2D eigenvalue weighted by molar-refractivity contribution is 7.11. The van der Waals surface area contributed by atoms with Crippen molar-refractivity contribution < 1.29 is 0 Å². The molecule has 1 aromatic heterocycles. The van der Waals surface area contributed by atoms with Crippen LogP contribution in [0.4, 0.5) is 0 Å². The minimum Gasteiger partial charge on any atom is -0.357 e. The summed E-state index contributed by atoms with van der Waals surface area (Å²) in [4.78, 5) is 10.4. The lowest BCUT2D eigenvalue weighted by Gasteiger charge is -2.11. The number of rotatable bonds is 6. The molecule has 2 aromatic rings. The summed E-state index contributed by atoms with van der Waals surface area (Å²) in [7, 11) is 0. The Kier molecular flexibility index (Phi) is 6.59. The Morgan fingerprint density at radius 2 is 2.04 bits per heavy atom. The first-order valence-corrected chi connectivity index (χ1v) is 8.96. The largest absolute Gasteiger partial charge is 0.357 e. The fraction of sp³-hybridized carbons (Fsp3) is 0.444. The van der Waals surface area contributed by atoms with Crippen molar-refractivity contribution in [3.63, 3.8) is 0 Å². The first kappa shape index (κ1) is 17.5. The van der Waals surface area contributed by atoms with Crippen LogP contribution < -0.4 is 10.6 Å². The molecule has 0 spiro atoms. The Hall–Kier alpha value is -1.88. The zero-order chi connectivity index (χ0) is 16.7. The molecule has 124 valence electrons. The molecule has 2 rings (SSSR count). The Balaban J connectivity index is 1.98. The molecule has 0 aliphatic rings. The van der Waals surface area contributed by atoms with E-state index in [1.165, 1.54) is 21.6 Å². The van der Waals surface area contributed by atoms with Gasteiger partial charge in [0.15, 0.2) is 5.96 Å². The molecule has 0 aliphatic carbocycles. The highest BCUT2D eigenvalue weighted by Crippen LogP contribution is 2.13. The van der Waals surface area contributed by atoms with Gasteiger partial charge in [-0.3, -0.25) is 0 Å². The van der Waals surface area contributed by atoms with Crippen LogP contribution in [0.25, 0.3) is 0 Å². The summed E-state index contributed by atoms with van der Waals surface area (Å²) in [5.41, 5.74) is 3.84. The Morgan fingerprint density at radius 1 is 1.22 bits per heavy atom. The molecular weight excluding hydrogens is 304 g/mol. The number of nitrogens with zero attached hydrogens (tertiary/aromatic N) is 2. The number of benzene rings is 1. The van der Waals surface area contributed by atoms with Gasteiger partial charge in [0.2, 0.25) is 0 Å². The molecule has 0 saturated carbocycles. The Bertz CT molecular complexity index is 661. The van der Waals surface area contributed by atoms with Crippen LogP contribution in [0.2, 0.25) is 0 Å². The van der Waals surface area contributed by atoms with Crippen molar-refractivity contribution in [3.05, 3.63) is 51.0 Å². The van der Waals surface area contributed by atoms with Gasteiger partial charge in [-0.25, -0.2) is 9.98 Å². The van der Waals surface area contributed by atoms with Crippen LogP contribution in [-0.2, 0) is 19.5 Å². The SMILES string of the molecule is CCNC(=NCc1ccc(C)cc1C)NCc1ncc(CC)s1. The molecule has 0 bridgehead atoms. The summed E-state index contributed by atoms with van der Waals surface area (Å²) in [5, 5.41) is 7.75. The summed E-state index contributed by atoms with van der Waals surface area (Å²) in [6.07, 6.45) is 3.00. The summed E-state index contributed by atoms with van der Waals surface area (Å²) in [5.74, 6) is 0.834. The Labute approximate surface area is 143 Å². The second kappa shape index (κ2) is 8.67. The molecule has 23 heavy (non-hydrogen) atoms. The van der Waals surface area contributed by atoms with E-state index in [0.29, 0.717) is 13.1 Å². The van der Waals surface area contributed by atoms with Crippen molar-refractivity contribution in [3.8, 4) is 0 Å². The summed E-state index contributed by atoms with van der Waals surface area (Å²) < 4.78 is 0. The molecule has 0 aliphatic heterocycles. The molecule has 0 saturated heterocycles. The van der Waals surface area contributed by atoms with Crippen LogP contribution in [0.1, 0.15) is 40.4 Å². The quantitative estimate of drug-likeness (QED) is 0.629. The highest BCUT2D eigenvalue weighted by Gasteiger charge is 2.03. The fourth-order valence-corrected chi connectivity index (χ4v) is 3.08. The monoisotopic (exact) mass is 330 g/mol. The zero-order valence-electron chi connectivity index (χ0n) is 14.4. The van der Waals surface area contributed by atoms with Crippen molar-refractivity contribution in [2.45, 2.75) is 47.2 Å². The van der Waals surface area contributed by atoms with Crippen molar-refractivity contribution in [2.75, 3.05) is 6.54 Å². The third kappa shape index (κ3) is 5.36. The van der Waals surface area contributed by atoms with Crippen LogP contribution in [0.15, 0.2) is 29.4 Å². The molecule has 0 radical (unpaired) electrons. The van der Waals surface area contributed by atoms with E-state index in [4.69, 9.17) is 0 Å². The van der Waals surface area contributed by atoms with Crippen molar-refractivity contribution in [1.29, 1.82) is 0 Å². The van der Waals surface area contributed by atoms with Gasteiger partial charge in [-0.05, 0) is 38.3 Å². The number of aryl methyl sites for hydroxylation is 3. The van der Waals surface area contributed by atoms with Gasteiger partial charge in [-0.15, -0.1) is 11.3 Å². The normalized spacial score (nSPS) is 11.6. The molecule has 0 atom stereocenters. The van der Waals surface area contributed by atoms with Gasteiger partial charge in [-0.1, -0.05) is 30.7 Å². The van der Waals surface area contributed by atoms with Crippen LogP contribution in [0.5, 0.6) is 0 Å². The number of aliphatic imine (C=N–C) groups is 1. The minimum absolute atomic E-state index is 0.680. The van der Waals surface area contributed by atoms with Gasteiger partial charge < -0.3 is 10.6 Å². The van der Waals surface area contributed by atoms with Gasteiger partial charge >= 0.3 is 0 Å². The number of nitrogens with one attached hydrogen (secondary N) is 2. The smallest absolute Gasteiger partial charge is 0.191 e. The number of guanidine groups is 1. The zero-order valence-corrected chi connectivity index (χ0v) is 15.3.